The van der Waals surface area contributed by atoms with E-state index < -0.39 is 17.4 Å². The number of hydrogen-bond acceptors (Lipinski definition) is 6. The van der Waals surface area contributed by atoms with Crippen molar-refractivity contribution in [2.24, 2.45) is 0 Å². The highest BCUT2D eigenvalue weighted by atomic mass is 35.5. The number of carboxylic acid groups (broad SMARTS) is 2. The SMILES string of the molecule is CCn1cc(C(=O)O)c(=O)c2cc(NCCOCCOCCC(=O)O)c(Cl)cc21. The van der Waals surface area contributed by atoms with Crippen LogP contribution in [0, 0.1) is 0 Å². The number of carbonyl (C=O) groups is 2. The summed E-state index contributed by atoms with van der Waals surface area (Å²) in [5, 5.41) is 21.5. The molecule has 1 heterocycles. The number of aryl methyl sites for hydroxylation is 1. The number of ether oxygens (including phenoxy) is 2. The van der Waals surface area contributed by atoms with Crippen LogP contribution in [0.4, 0.5) is 5.69 Å². The Balaban J connectivity index is 1.98. The summed E-state index contributed by atoms with van der Waals surface area (Å²) in [5.41, 5.74) is 0.209. The molecular weight excluding hydrogens is 404 g/mol. The molecule has 2 rings (SSSR count). The fraction of sp³-hybridized carbons (Fsp3) is 0.421. The summed E-state index contributed by atoms with van der Waals surface area (Å²) in [6.07, 6.45) is 1.27. The largest absolute Gasteiger partial charge is 0.481 e. The fourth-order valence-corrected chi connectivity index (χ4v) is 2.92. The number of halogens is 1. The van der Waals surface area contributed by atoms with E-state index in [0.717, 1.165) is 0 Å². The highest BCUT2D eigenvalue weighted by Gasteiger charge is 2.16. The highest BCUT2D eigenvalue weighted by Crippen LogP contribution is 2.27. The predicted octanol–water partition coefficient (Wildman–Crippen LogP) is 2.29. The van der Waals surface area contributed by atoms with Gasteiger partial charge in [0.1, 0.15) is 5.56 Å². The lowest BCUT2D eigenvalue weighted by Crippen LogP contribution is -2.19. The van der Waals surface area contributed by atoms with Gasteiger partial charge in [-0.15, -0.1) is 0 Å². The molecule has 0 aliphatic carbocycles. The van der Waals surface area contributed by atoms with Gasteiger partial charge in [-0.25, -0.2) is 4.79 Å². The van der Waals surface area contributed by atoms with Gasteiger partial charge in [-0.2, -0.15) is 0 Å². The van der Waals surface area contributed by atoms with Gasteiger partial charge in [0.15, 0.2) is 0 Å². The monoisotopic (exact) mass is 426 g/mol. The van der Waals surface area contributed by atoms with Gasteiger partial charge in [0.25, 0.3) is 0 Å². The summed E-state index contributed by atoms with van der Waals surface area (Å²) in [6.45, 7) is 3.82. The zero-order chi connectivity index (χ0) is 21.4. The smallest absolute Gasteiger partial charge is 0.341 e. The van der Waals surface area contributed by atoms with E-state index in [4.69, 9.17) is 26.2 Å². The second kappa shape index (κ2) is 10.8. The second-order valence-corrected chi connectivity index (χ2v) is 6.51. The van der Waals surface area contributed by atoms with Crippen LogP contribution < -0.4 is 10.7 Å². The van der Waals surface area contributed by atoms with E-state index in [-0.39, 0.29) is 24.0 Å². The molecule has 0 saturated carbocycles. The lowest BCUT2D eigenvalue weighted by molar-refractivity contribution is -0.138. The summed E-state index contributed by atoms with van der Waals surface area (Å²) in [6, 6.07) is 3.18. The molecule has 0 fully saturated rings. The number of nitrogens with zero attached hydrogens (tertiary/aromatic N) is 1. The number of pyridine rings is 1. The van der Waals surface area contributed by atoms with Crippen molar-refractivity contribution < 1.29 is 29.3 Å². The van der Waals surface area contributed by atoms with Crippen LogP contribution in [0.25, 0.3) is 10.9 Å². The number of anilines is 1. The Bertz CT molecular complexity index is 942. The maximum absolute atomic E-state index is 12.5. The molecule has 158 valence electrons. The third-order valence-electron chi connectivity index (χ3n) is 4.13. The van der Waals surface area contributed by atoms with E-state index in [9.17, 15) is 19.5 Å². The van der Waals surface area contributed by atoms with Crippen molar-refractivity contribution in [3.05, 3.63) is 39.1 Å². The quantitative estimate of drug-likeness (QED) is 0.441. The van der Waals surface area contributed by atoms with Crippen LogP contribution in [0.2, 0.25) is 5.02 Å². The number of hydrogen-bond donors (Lipinski definition) is 3. The molecule has 0 radical (unpaired) electrons. The van der Waals surface area contributed by atoms with E-state index in [1.54, 1.807) is 16.7 Å². The van der Waals surface area contributed by atoms with Crippen molar-refractivity contribution in [2.75, 3.05) is 38.3 Å². The molecule has 9 nitrogen and oxygen atoms in total. The minimum absolute atomic E-state index is 0.0503. The molecule has 0 unspecified atom stereocenters. The average Bonchev–Trinajstić information content (AvgIpc) is 2.67. The van der Waals surface area contributed by atoms with E-state index in [2.05, 4.69) is 5.32 Å². The number of rotatable bonds is 12. The van der Waals surface area contributed by atoms with Crippen molar-refractivity contribution in [3.63, 3.8) is 0 Å². The molecule has 0 spiro atoms. The van der Waals surface area contributed by atoms with Gasteiger partial charge in [-0.05, 0) is 19.1 Å². The van der Waals surface area contributed by atoms with E-state index in [1.165, 1.54) is 6.20 Å². The molecule has 2 aromatic rings. The van der Waals surface area contributed by atoms with Crippen molar-refractivity contribution in [3.8, 4) is 0 Å². The Morgan fingerprint density at radius 2 is 1.83 bits per heavy atom. The maximum atomic E-state index is 12.5. The van der Waals surface area contributed by atoms with Crippen LogP contribution >= 0.6 is 11.6 Å². The summed E-state index contributed by atoms with van der Waals surface area (Å²) >= 11 is 6.31. The number of benzene rings is 1. The van der Waals surface area contributed by atoms with E-state index >= 15 is 0 Å². The Hall–Kier alpha value is -2.62. The normalized spacial score (nSPS) is 11.0. The topological polar surface area (TPSA) is 127 Å². The van der Waals surface area contributed by atoms with E-state index in [1.807, 2.05) is 6.92 Å². The lowest BCUT2D eigenvalue weighted by atomic mass is 10.1. The number of aliphatic carboxylic acids is 1. The molecule has 1 aromatic heterocycles. The third kappa shape index (κ3) is 6.18. The molecule has 1 aromatic carbocycles. The lowest BCUT2D eigenvalue weighted by Gasteiger charge is -2.14. The van der Waals surface area contributed by atoms with Gasteiger partial charge in [0.05, 0.1) is 49.1 Å². The van der Waals surface area contributed by atoms with Crippen LogP contribution in [0.5, 0.6) is 0 Å². The van der Waals surface area contributed by atoms with Gasteiger partial charge < -0.3 is 29.6 Å². The van der Waals surface area contributed by atoms with E-state index in [0.29, 0.717) is 49.1 Å². The molecular formula is C19H23ClN2O7. The average molecular weight is 427 g/mol. The van der Waals surface area contributed by atoms with Crippen LogP contribution in [-0.4, -0.2) is 59.7 Å². The van der Waals surface area contributed by atoms with Gasteiger partial charge in [0, 0.05) is 24.7 Å². The maximum Gasteiger partial charge on any atom is 0.341 e. The first-order chi connectivity index (χ1) is 13.8. The zero-order valence-corrected chi connectivity index (χ0v) is 16.7. The molecule has 0 amide bonds. The van der Waals surface area contributed by atoms with Crippen molar-refractivity contribution in [2.45, 2.75) is 19.9 Å². The standard InChI is InChI=1S/C19H23ClN2O7/c1-2-22-11-13(19(26)27)18(25)12-9-15(14(20)10-16(12)22)21-4-6-29-8-7-28-5-3-17(23)24/h9-11,21H,2-8H2,1H3,(H,23,24)(H,26,27). The molecule has 0 saturated heterocycles. The minimum atomic E-state index is -1.28. The predicted molar refractivity (Wildman–Crippen MR) is 108 cm³/mol. The highest BCUT2D eigenvalue weighted by molar-refractivity contribution is 6.34. The zero-order valence-electron chi connectivity index (χ0n) is 15.9. The van der Waals surface area contributed by atoms with Gasteiger partial charge in [0.2, 0.25) is 5.43 Å². The number of fused-ring (bicyclic) bond motifs is 1. The Morgan fingerprint density at radius 3 is 2.45 bits per heavy atom. The summed E-state index contributed by atoms with van der Waals surface area (Å²) in [4.78, 5) is 34.2. The Morgan fingerprint density at radius 1 is 1.14 bits per heavy atom. The molecule has 0 atom stereocenters. The molecule has 10 heteroatoms. The van der Waals surface area contributed by atoms with Crippen LogP contribution in [0.3, 0.4) is 0 Å². The Kier molecular flexibility index (Phi) is 8.44. The fourth-order valence-electron chi connectivity index (χ4n) is 2.70. The molecule has 0 aliphatic heterocycles. The second-order valence-electron chi connectivity index (χ2n) is 6.11. The minimum Gasteiger partial charge on any atom is -0.481 e. The summed E-state index contributed by atoms with van der Waals surface area (Å²) in [7, 11) is 0. The summed E-state index contributed by atoms with van der Waals surface area (Å²) in [5.74, 6) is -2.19. The van der Waals surface area contributed by atoms with Gasteiger partial charge in [-0.3, -0.25) is 9.59 Å². The van der Waals surface area contributed by atoms with Crippen molar-refractivity contribution >= 4 is 40.1 Å². The van der Waals surface area contributed by atoms with Gasteiger partial charge in [-0.1, -0.05) is 11.6 Å². The number of aromatic carboxylic acids is 1. The number of aromatic nitrogens is 1. The first-order valence-electron chi connectivity index (χ1n) is 9.06. The van der Waals surface area contributed by atoms with Gasteiger partial charge >= 0.3 is 11.9 Å². The van der Waals surface area contributed by atoms with Crippen molar-refractivity contribution in [1.29, 1.82) is 0 Å². The summed E-state index contributed by atoms with van der Waals surface area (Å²) < 4.78 is 12.2. The van der Waals surface area contributed by atoms with Crippen molar-refractivity contribution in [1.82, 2.24) is 4.57 Å². The first kappa shape index (κ1) is 22.7. The molecule has 0 bridgehead atoms. The number of carboxylic acids is 2. The van der Waals surface area contributed by atoms with Crippen LogP contribution in [0.1, 0.15) is 23.7 Å². The third-order valence-corrected chi connectivity index (χ3v) is 4.45. The molecule has 3 N–H and O–H groups in total. The van der Waals surface area contributed by atoms with Crippen LogP contribution in [-0.2, 0) is 20.8 Å². The van der Waals surface area contributed by atoms with Crippen LogP contribution in [0.15, 0.2) is 23.1 Å². The number of nitrogens with one attached hydrogen (secondary N) is 1. The molecule has 29 heavy (non-hydrogen) atoms. The molecule has 0 aliphatic rings. The first-order valence-corrected chi connectivity index (χ1v) is 9.44. The Labute approximate surface area is 171 Å².